The van der Waals surface area contributed by atoms with Gasteiger partial charge in [-0.2, -0.15) is 10.5 Å². The molecule has 0 radical (unpaired) electrons. The van der Waals surface area contributed by atoms with Crippen LogP contribution < -0.4 is 9.64 Å². The molecular formula is C24H19FN4O3. The number of hydrogen-bond donors (Lipinski definition) is 1. The van der Waals surface area contributed by atoms with Crippen molar-refractivity contribution in [3.8, 4) is 17.9 Å². The third kappa shape index (κ3) is 5.00. The Kier molecular flexibility index (Phi) is 6.99. The number of amides is 1. The van der Waals surface area contributed by atoms with Crippen molar-refractivity contribution >= 4 is 11.8 Å². The van der Waals surface area contributed by atoms with E-state index in [1.807, 2.05) is 6.07 Å². The Labute approximate surface area is 184 Å². The van der Waals surface area contributed by atoms with Crippen LogP contribution in [0.1, 0.15) is 33.5 Å². The standard InChI is InChI=1S/C24H19FN4O3/c1-16-23(32-15-19-4-2-3-18(9-19)12-27)22(10-25)20(13-28-16)14-29(24(30)31)21-7-5-17(11-26)6-8-21/h2-9,13H,10,14-15H2,1H3,(H,30,31). The summed E-state index contributed by atoms with van der Waals surface area (Å²) in [4.78, 5) is 17.2. The van der Waals surface area contributed by atoms with Crippen molar-refractivity contribution in [2.45, 2.75) is 26.7 Å². The smallest absolute Gasteiger partial charge is 0.412 e. The minimum absolute atomic E-state index is 0.104. The maximum Gasteiger partial charge on any atom is 0.412 e. The summed E-state index contributed by atoms with van der Waals surface area (Å²) in [5, 5.41) is 27.7. The van der Waals surface area contributed by atoms with Gasteiger partial charge in [-0.3, -0.25) is 9.88 Å². The van der Waals surface area contributed by atoms with Crippen LogP contribution in [-0.2, 0) is 19.8 Å². The van der Waals surface area contributed by atoms with E-state index in [4.69, 9.17) is 15.3 Å². The molecule has 0 spiro atoms. The summed E-state index contributed by atoms with van der Waals surface area (Å²) < 4.78 is 19.9. The van der Waals surface area contributed by atoms with Crippen molar-refractivity contribution < 1.29 is 19.0 Å². The number of halogens is 1. The largest absolute Gasteiger partial charge is 0.487 e. The van der Waals surface area contributed by atoms with Crippen LogP contribution in [0.3, 0.4) is 0 Å². The molecule has 1 N–H and O–H groups in total. The third-order valence-electron chi connectivity index (χ3n) is 4.84. The van der Waals surface area contributed by atoms with Gasteiger partial charge in [0.15, 0.2) is 0 Å². The molecule has 0 aliphatic rings. The number of anilines is 1. The lowest BCUT2D eigenvalue weighted by molar-refractivity contribution is 0.201. The number of nitriles is 2. The Morgan fingerprint density at radius 3 is 2.50 bits per heavy atom. The van der Waals surface area contributed by atoms with Gasteiger partial charge in [0.25, 0.3) is 0 Å². The number of alkyl halides is 1. The van der Waals surface area contributed by atoms with E-state index in [0.717, 1.165) is 10.5 Å². The van der Waals surface area contributed by atoms with Crippen molar-refractivity contribution in [3.05, 3.63) is 88.2 Å². The van der Waals surface area contributed by atoms with Gasteiger partial charge in [-0.15, -0.1) is 0 Å². The molecule has 32 heavy (non-hydrogen) atoms. The van der Waals surface area contributed by atoms with Crippen LogP contribution in [0.2, 0.25) is 0 Å². The maximum atomic E-state index is 14.1. The minimum Gasteiger partial charge on any atom is -0.487 e. The summed E-state index contributed by atoms with van der Waals surface area (Å²) in [6.45, 7) is 0.771. The highest BCUT2D eigenvalue weighted by molar-refractivity contribution is 5.86. The molecule has 0 saturated carbocycles. The average molecular weight is 430 g/mol. The molecule has 3 aromatic rings. The van der Waals surface area contributed by atoms with E-state index in [1.54, 1.807) is 31.2 Å². The van der Waals surface area contributed by atoms with E-state index < -0.39 is 12.8 Å². The molecule has 1 amide bonds. The highest BCUT2D eigenvalue weighted by atomic mass is 19.1. The molecule has 0 atom stereocenters. The molecule has 0 unspecified atom stereocenters. The van der Waals surface area contributed by atoms with E-state index in [9.17, 15) is 14.3 Å². The van der Waals surface area contributed by atoms with Gasteiger partial charge in [0.1, 0.15) is 19.0 Å². The van der Waals surface area contributed by atoms with Gasteiger partial charge in [0, 0.05) is 17.4 Å². The summed E-state index contributed by atoms with van der Waals surface area (Å²) in [6.07, 6.45) is 0.211. The van der Waals surface area contributed by atoms with E-state index in [2.05, 4.69) is 11.1 Å². The van der Waals surface area contributed by atoms with E-state index in [1.165, 1.54) is 30.5 Å². The first-order chi connectivity index (χ1) is 15.5. The van der Waals surface area contributed by atoms with Crippen molar-refractivity contribution in [2.24, 2.45) is 0 Å². The number of pyridine rings is 1. The zero-order chi connectivity index (χ0) is 23.1. The van der Waals surface area contributed by atoms with Crippen LogP contribution in [0.25, 0.3) is 0 Å². The monoisotopic (exact) mass is 430 g/mol. The molecule has 0 fully saturated rings. The fourth-order valence-corrected chi connectivity index (χ4v) is 3.19. The molecule has 0 bridgehead atoms. The molecule has 8 heteroatoms. The second-order valence-electron chi connectivity index (χ2n) is 6.94. The van der Waals surface area contributed by atoms with Gasteiger partial charge in [0.2, 0.25) is 0 Å². The van der Waals surface area contributed by atoms with Crippen molar-refractivity contribution in [2.75, 3.05) is 4.90 Å². The van der Waals surface area contributed by atoms with E-state index in [0.29, 0.717) is 28.1 Å². The van der Waals surface area contributed by atoms with Gasteiger partial charge in [0.05, 0.1) is 35.5 Å². The molecular weight excluding hydrogens is 411 g/mol. The highest BCUT2D eigenvalue weighted by Gasteiger charge is 2.21. The summed E-state index contributed by atoms with van der Waals surface area (Å²) in [6, 6.07) is 17.0. The van der Waals surface area contributed by atoms with Gasteiger partial charge in [-0.05, 0) is 54.4 Å². The Balaban J connectivity index is 1.90. The fourth-order valence-electron chi connectivity index (χ4n) is 3.19. The molecule has 1 heterocycles. The Morgan fingerprint density at radius 2 is 1.88 bits per heavy atom. The molecule has 7 nitrogen and oxygen atoms in total. The first-order valence-corrected chi connectivity index (χ1v) is 9.62. The highest BCUT2D eigenvalue weighted by Crippen LogP contribution is 2.29. The van der Waals surface area contributed by atoms with Gasteiger partial charge < -0.3 is 9.84 Å². The molecule has 2 aromatic carbocycles. The summed E-state index contributed by atoms with van der Waals surface area (Å²) >= 11 is 0. The number of rotatable bonds is 7. The second kappa shape index (κ2) is 10.1. The predicted octanol–water partition coefficient (Wildman–Crippen LogP) is 4.87. The second-order valence-corrected chi connectivity index (χ2v) is 6.94. The number of carbonyl (C=O) groups is 1. The zero-order valence-corrected chi connectivity index (χ0v) is 17.2. The van der Waals surface area contributed by atoms with Gasteiger partial charge >= 0.3 is 6.09 Å². The van der Waals surface area contributed by atoms with Crippen molar-refractivity contribution in [1.82, 2.24) is 4.98 Å². The first-order valence-electron chi connectivity index (χ1n) is 9.62. The lowest BCUT2D eigenvalue weighted by Crippen LogP contribution is -2.29. The lowest BCUT2D eigenvalue weighted by atomic mass is 10.1. The molecule has 3 rings (SSSR count). The average Bonchev–Trinajstić information content (AvgIpc) is 2.82. The molecule has 0 aliphatic heterocycles. The van der Waals surface area contributed by atoms with Crippen molar-refractivity contribution in [1.29, 1.82) is 10.5 Å². The van der Waals surface area contributed by atoms with Crippen LogP contribution >= 0.6 is 0 Å². The summed E-state index contributed by atoms with van der Waals surface area (Å²) in [7, 11) is 0. The quantitative estimate of drug-likeness (QED) is 0.573. The maximum absolute atomic E-state index is 14.1. The number of nitrogens with zero attached hydrogens (tertiary/aromatic N) is 4. The molecule has 160 valence electrons. The first kappa shape index (κ1) is 22.3. The molecule has 0 saturated heterocycles. The number of carboxylic acid groups (broad SMARTS) is 1. The minimum atomic E-state index is -1.23. The van der Waals surface area contributed by atoms with Crippen molar-refractivity contribution in [3.63, 3.8) is 0 Å². The number of ether oxygens (including phenoxy) is 1. The summed E-state index contributed by atoms with van der Waals surface area (Å²) in [5.41, 5.74) is 3.02. The number of aromatic nitrogens is 1. The normalized spacial score (nSPS) is 10.1. The Morgan fingerprint density at radius 1 is 1.16 bits per heavy atom. The van der Waals surface area contributed by atoms with Crippen LogP contribution in [0.4, 0.5) is 14.9 Å². The van der Waals surface area contributed by atoms with Crippen LogP contribution in [-0.4, -0.2) is 16.2 Å². The third-order valence-corrected chi connectivity index (χ3v) is 4.84. The summed E-state index contributed by atoms with van der Waals surface area (Å²) in [5.74, 6) is 0.248. The fraction of sp³-hybridized carbons (Fsp3) is 0.167. The van der Waals surface area contributed by atoms with Crippen LogP contribution in [0.5, 0.6) is 5.75 Å². The van der Waals surface area contributed by atoms with E-state index in [-0.39, 0.29) is 24.5 Å². The number of benzene rings is 2. The van der Waals surface area contributed by atoms with Gasteiger partial charge in [-0.1, -0.05) is 12.1 Å². The van der Waals surface area contributed by atoms with Crippen LogP contribution in [0.15, 0.2) is 54.7 Å². The number of aryl methyl sites for hydroxylation is 1. The topological polar surface area (TPSA) is 110 Å². The predicted molar refractivity (Wildman–Crippen MR) is 115 cm³/mol. The SMILES string of the molecule is Cc1ncc(CN(C(=O)O)c2ccc(C#N)cc2)c(CF)c1OCc1cccc(C#N)c1. The van der Waals surface area contributed by atoms with E-state index >= 15 is 0 Å². The lowest BCUT2D eigenvalue weighted by Gasteiger charge is -2.22. The Hall–Kier alpha value is -4.43. The zero-order valence-electron chi connectivity index (χ0n) is 17.2. The molecule has 0 aliphatic carbocycles. The number of hydrogen-bond acceptors (Lipinski definition) is 5. The van der Waals surface area contributed by atoms with Crippen LogP contribution in [0, 0.1) is 29.6 Å². The molecule has 1 aromatic heterocycles. The van der Waals surface area contributed by atoms with Gasteiger partial charge in [-0.25, -0.2) is 9.18 Å². The Bertz CT molecular complexity index is 1210.